The van der Waals surface area contributed by atoms with Crippen molar-refractivity contribution < 1.29 is 14.3 Å². The lowest BCUT2D eigenvalue weighted by atomic mass is 10.2. The molecule has 1 aromatic heterocycles. The Morgan fingerprint density at radius 3 is 2.77 bits per heavy atom. The first kappa shape index (κ1) is 16.5. The van der Waals surface area contributed by atoms with Gasteiger partial charge >= 0.3 is 5.97 Å². The standard InChI is InChI=1S/C15H18N2O4S/c1-10(8-20-2)17-14(19)11-6-4-5-7-12(11)16-15(17)22-9-13(18)21-3/h4-7,10H,8-9H2,1-3H3. The molecule has 0 spiro atoms. The van der Waals surface area contributed by atoms with E-state index in [-0.39, 0.29) is 23.3 Å². The van der Waals surface area contributed by atoms with Gasteiger partial charge in [-0.25, -0.2) is 4.98 Å². The number of fused-ring (bicyclic) bond motifs is 1. The Bertz CT molecular complexity index is 729. The van der Waals surface area contributed by atoms with Crippen LogP contribution in [0.25, 0.3) is 10.9 Å². The van der Waals surface area contributed by atoms with Gasteiger partial charge in [-0.3, -0.25) is 14.2 Å². The van der Waals surface area contributed by atoms with E-state index in [1.807, 2.05) is 13.0 Å². The molecule has 7 heteroatoms. The number of carbonyl (C=O) groups is 1. The Kier molecular flexibility index (Phi) is 5.57. The molecule has 0 radical (unpaired) electrons. The molecule has 0 aliphatic heterocycles. The predicted molar refractivity (Wildman–Crippen MR) is 85.3 cm³/mol. The van der Waals surface area contributed by atoms with E-state index in [2.05, 4.69) is 9.72 Å². The third kappa shape index (κ3) is 3.48. The van der Waals surface area contributed by atoms with Gasteiger partial charge in [0.15, 0.2) is 5.16 Å². The van der Waals surface area contributed by atoms with Gasteiger partial charge in [0.1, 0.15) is 0 Å². The van der Waals surface area contributed by atoms with Gasteiger partial charge in [0.25, 0.3) is 5.56 Å². The summed E-state index contributed by atoms with van der Waals surface area (Å²) in [4.78, 5) is 28.6. The minimum Gasteiger partial charge on any atom is -0.468 e. The Labute approximate surface area is 132 Å². The Hall–Kier alpha value is -1.86. The van der Waals surface area contributed by atoms with E-state index in [9.17, 15) is 9.59 Å². The van der Waals surface area contributed by atoms with Crippen molar-refractivity contribution in [2.45, 2.75) is 18.1 Å². The molecule has 6 nitrogen and oxygen atoms in total. The molecule has 1 aromatic carbocycles. The summed E-state index contributed by atoms with van der Waals surface area (Å²) < 4.78 is 11.3. The Balaban J connectivity index is 2.52. The van der Waals surface area contributed by atoms with Crippen LogP contribution in [0, 0.1) is 0 Å². The Morgan fingerprint density at radius 2 is 2.09 bits per heavy atom. The third-order valence-electron chi connectivity index (χ3n) is 3.17. The lowest BCUT2D eigenvalue weighted by Gasteiger charge is -2.18. The van der Waals surface area contributed by atoms with Crippen LogP contribution in [0.15, 0.2) is 34.2 Å². The molecule has 0 amide bonds. The molecule has 1 heterocycles. The first-order valence-corrected chi connectivity index (χ1v) is 7.77. The Morgan fingerprint density at radius 1 is 1.36 bits per heavy atom. The molecule has 1 unspecified atom stereocenters. The number of rotatable bonds is 6. The summed E-state index contributed by atoms with van der Waals surface area (Å²) in [5, 5.41) is 1.03. The molecule has 0 aliphatic carbocycles. The highest BCUT2D eigenvalue weighted by Gasteiger charge is 2.17. The van der Waals surface area contributed by atoms with Crippen molar-refractivity contribution in [3.05, 3.63) is 34.6 Å². The first-order valence-electron chi connectivity index (χ1n) is 6.78. The van der Waals surface area contributed by atoms with Crippen LogP contribution in [0.2, 0.25) is 0 Å². The summed E-state index contributed by atoms with van der Waals surface area (Å²) in [7, 11) is 2.91. The quantitative estimate of drug-likeness (QED) is 0.459. The van der Waals surface area contributed by atoms with E-state index in [4.69, 9.17) is 4.74 Å². The van der Waals surface area contributed by atoms with Gasteiger partial charge in [-0.2, -0.15) is 0 Å². The minimum atomic E-state index is -0.363. The lowest BCUT2D eigenvalue weighted by Crippen LogP contribution is -2.28. The number of thioether (sulfide) groups is 1. The molecule has 0 fully saturated rings. The smallest absolute Gasteiger partial charge is 0.316 e. The molecular formula is C15H18N2O4S. The largest absolute Gasteiger partial charge is 0.468 e. The molecule has 2 rings (SSSR count). The number of ether oxygens (including phenoxy) is 2. The maximum atomic E-state index is 12.7. The highest BCUT2D eigenvalue weighted by atomic mass is 32.2. The molecular weight excluding hydrogens is 304 g/mol. The van der Waals surface area contributed by atoms with Crippen molar-refractivity contribution in [3.8, 4) is 0 Å². The monoisotopic (exact) mass is 322 g/mol. The molecule has 2 aromatic rings. The van der Waals surface area contributed by atoms with Crippen molar-refractivity contribution in [3.63, 3.8) is 0 Å². The van der Waals surface area contributed by atoms with Crippen LogP contribution in [0.3, 0.4) is 0 Å². The number of benzene rings is 1. The van der Waals surface area contributed by atoms with Crippen LogP contribution in [-0.2, 0) is 14.3 Å². The summed E-state index contributed by atoms with van der Waals surface area (Å²) in [6.45, 7) is 2.26. The maximum Gasteiger partial charge on any atom is 0.316 e. The van der Waals surface area contributed by atoms with Crippen molar-refractivity contribution in [1.29, 1.82) is 0 Å². The van der Waals surface area contributed by atoms with Gasteiger partial charge in [-0.15, -0.1) is 0 Å². The van der Waals surface area contributed by atoms with Crippen LogP contribution in [-0.4, -0.2) is 42.1 Å². The van der Waals surface area contributed by atoms with Crippen LogP contribution in [0.4, 0.5) is 0 Å². The topological polar surface area (TPSA) is 70.4 Å². The maximum absolute atomic E-state index is 12.7. The van der Waals surface area contributed by atoms with Gasteiger partial charge in [-0.05, 0) is 19.1 Å². The highest BCUT2D eigenvalue weighted by Crippen LogP contribution is 2.21. The number of para-hydroxylation sites is 1. The van der Waals surface area contributed by atoms with Gasteiger partial charge in [0.05, 0.1) is 36.4 Å². The molecule has 0 bridgehead atoms. The zero-order valence-corrected chi connectivity index (χ0v) is 13.6. The zero-order valence-electron chi connectivity index (χ0n) is 12.7. The number of hydrogen-bond donors (Lipinski definition) is 0. The van der Waals surface area contributed by atoms with Crippen LogP contribution >= 0.6 is 11.8 Å². The minimum absolute atomic E-state index is 0.0982. The summed E-state index contributed by atoms with van der Waals surface area (Å²) in [5.41, 5.74) is 0.475. The lowest BCUT2D eigenvalue weighted by molar-refractivity contribution is -0.137. The molecule has 22 heavy (non-hydrogen) atoms. The second kappa shape index (κ2) is 7.42. The fourth-order valence-corrected chi connectivity index (χ4v) is 3.04. The second-order valence-electron chi connectivity index (χ2n) is 4.76. The molecule has 0 aliphatic rings. The average molecular weight is 322 g/mol. The van der Waals surface area contributed by atoms with Gasteiger partial charge in [0.2, 0.25) is 0 Å². The summed E-state index contributed by atoms with van der Waals surface area (Å²) in [6, 6.07) is 6.97. The van der Waals surface area contributed by atoms with E-state index in [1.54, 1.807) is 29.9 Å². The average Bonchev–Trinajstić information content (AvgIpc) is 2.52. The number of nitrogens with zero attached hydrogens (tertiary/aromatic N) is 2. The van der Waals surface area contributed by atoms with E-state index < -0.39 is 0 Å². The second-order valence-corrected chi connectivity index (χ2v) is 5.70. The van der Waals surface area contributed by atoms with Gasteiger partial charge in [0, 0.05) is 7.11 Å². The zero-order chi connectivity index (χ0) is 16.1. The van der Waals surface area contributed by atoms with Crippen LogP contribution in [0.1, 0.15) is 13.0 Å². The van der Waals surface area contributed by atoms with E-state index >= 15 is 0 Å². The predicted octanol–water partition coefficient (Wildman–Crippen LogP) is 1.87. The van der Waals surface area contributed by atoms with Crippen molar-refractivity contribution >= 4 is 28.6 Å². The normalized spacial score (nSPS) is 12.3. The first-order chi connectivity index (χ1) is 10.6. The number of methoxy groups -OCH3 is 2. The van der Waals surface area contributed by atoms with Crippen LogP contribution < -0.4 is 5.56 Å². The van der Waals surface area contributed by atoms with Crippen molar-refractivity contribution in [2.24, 2.45) is 0 Å². The number of esters is 1. The summed E-state index contributed by atoms with van der Waals surface area (Å²) in [6.07, 6.45) is 0. The number of aromatic nitrogens is 2. The molecule has 0 saturated carbocycles. The summed E-state index contributed by atoms with van der Waals surface area (Å²) in [5.74, 6) is -0.264. The van der Waals surface area contributed by atoms with Crippen molar-refractivity contribution in [2.75, 3.05) is 26.6 Å². The van der Waals surface area contributed by atoms with Crippen LogP contribution in [0.5, 0.6) is 0 Å². The number of carbonyl (C=O) groups excluding carboxylic acids is 1. The summed E-state index contributed by atoms with van der Waals surface area (Å²) >= 11 is 1.18. The molecule has 1 atom stereocenters. The third-order valence-corrected chi connectivity index (χ3v) is 4.10. The van der Waals surface area contributed by atoms with E-state index in [1.165, 1.54) is 18.9 Å². The van der Waals surface area contributed by atoms with E-state index in [0.29, 0.717) is 22.7 Å². The van der Waals surface area contributed by atoms with Gasteiger partial charge in [-0.1, -0.05) is 23.9 Å². The highest BCUT2D eigenvalue weighted by molar-refractivity contribution is 7.99. The SMILES string of the molecule is COCC(C)n1c(SCC(=O)OC)nc2ccccc2c1=O. The molecule has 0 N–H and O–H groups in total. The van der Waals surface area contributed by atoms with Gasteiger partial charge < -0.3 is 9.47 Å². The van der Waals surface area contributed by atoms with Crippen molar-refractivity contribution in [1.82, 2.24) is 9.55 Å². The van der Waals surface area contributed by atoms with E-state index in [0.717, 1.165) is 0 Å². The fraction of sp³-hybridized carbons (Fsp3) is 0.400. The molecule has 118 valence electrons. The molecule has 0 saturated heterocycles. The fourth-order valence-electron chi connectivity index (χ4n) is 2.11. The number of hydrogen-bond acceptors (Lipinski definition) is 6.